The minimum Gasteiger partial charge on any atom is -0.372 e. The van der Waals surface area contributed by atoms with Crippen molar-refractivity contribution in [3.63, 3.8) is 0 Å². The van der Waals surface area contributed by atoms with E-state index in [1.54, 1.807) is 13.1 Å². The van der Waals surface area contributed by atoms with Gasteiger partial charge in [0.2, 0.25) is 5.91 Å². The average Bonchev–Trinajstić information content (AvgIpc) is 3.27. The number of amides is 2. The summed E-state index contributed by atoms with van der Waals surface area (Å²) in [6.07, 6.45) is 3.40. The third kappa shape index (κ3) is 3.84. The van der Waals surface area contributed by atoms with Gasteiger partial charge in [0.25, 0.3) is 5.91 Å². The van der Waals surface area contributed by atoms with E-state index in [4.69, 9.17) is 11.6 Å². The Morgan fingerprint density at radius 3 is 2.65 bits per heavy atom. The number of hydrogen-bond acceptors (Lipinski definition) is 4. The number of nitrogens with zero attached hydrogens (tertiary/aromatic N) is 1. The molecular weight excluding hydrogens is 280 g/mol. The highest BCUT2D eigenvalue weighted by Gasteiger charge is 2.28. The molecule has 0 unspecified atom stereocenters. The number of anilines is 1. The number of carbonyl (C=O) groups excluding carboxylic acids is 2. The van der Waals surface area contributed by atoms with Crippen LogP contribution in [0.4, 0.5) is 5.82 Å². The number of rotatable bonds is 6. The van der Waals surface area contributed by atoms with Crippen molar-refractivity contribution in [2.24, 2.45) is 5.92 Å². The first-order valence-corrected chi connectivity index (χ1v) is 6.89. The summed E-state index contributed by atoms with van der Waals surface area (Å²) in [5, 5.41) is 8.69. The molecule has 2 amide bonds. The van der Waals surface area contributed by atoms with E-state index in [-0.39, 0.29) is 17.7 Å². The van der Waals surface area contributed by atoms with Gasteiger partial charge in [-0.3, -0.25) is 9.59 Å². The molecule has 1 fully saturated rings. The number of pyridine rings is 1. The number of nitrogens with one attached hydrogen (secondary N) is 3. The molecule has 0 bridgehead atoms. The van der Waals surface area contributed by atoms with E-state index in [9.17, 15) is 9.59 Å². The van der Waals surface area contributed by atoms with E-state index in [0.29, 0.717) is 29.5 Å². The van der Waals surface area contributed by atoms with Crippen molar-refractivity contribution in [3.05, 3.63) is 22.8 Å². The van der Waals surface area contributed by atoms with Crippen molar-refractivity contribution in [1.82, 2.24) is 15.6 Å². The van der Waals surface area contributed by atoms with Crippen LogP contribution >= 0.6 is 11.6 Å². The smallest absolute Gasteiger partial charge is 0.252 e. The lowest BCUT2D eigenvalue weighted by atomic mass is 10.2. The van der Waals surface area contributed by atoms with Crippen LogP contribution in [0.25, 0.3) is 0 Å². The highest BCUT2D eigenvalue weighted by molar-refractivity contribution is 6.33. The summed E-state index contributed by atoms with van der Waals surface area (Å²) in [4.78, 5) is 27.3. The van der Waals surface area contributed by atoms with Crippen LogP contribution in [0.5, 0.6) is 0 Å². The van der Waals surface area contributed by atoms with Crippen molar-refractivity contribution >= 4 is 29.2 Å². The fourth-order valence-corrected chi connectivity index (χ4v) is 1.96. The molecule has 2 rings (SSSR count). The lowest BCUT2D eigenvalue weighted by Crippen LogP contribution is -2.35. The predicted molar refractivity (Wildman–Crippen MR) is 76.9 cm³/mol. The van der Waals surface area contributed by atoms with Gasteiger partial charge in [0, 0.05) is 32.3 Å². The average molecular weight is 297 g/mol. The standard InChI is InChI=1S/C13H17ClN4O2/c1-15-11-10(14)6-9(7-18-11)13(20)17-5-4-16-12(19)8-2-3-8/h6-8H,2-5H2,1H3,(H,15,18)(H,16,19)(H,17,20). The molecule has 1 aliphatic rings. The van der Waals surface area contributed by atoms with Crippen LogP contribution in [0.1, 0.15) is 23.2 Å². The van der Waals surface area contributed by atoms with Crippen LogP contribution in [0, 0.1) is 5.92 Å². The fourth-order valence-electron chi connectivity index (χ4n) is 1.70. The normalized spacial score (nSPS) is 13.7. The van der Waals surface area contributed by atoms with E-state index in [0.717, 1.165) is 12.8 Å². The number of hydrogen-bond donors (Lipinski definition) is 3. The predicted octanol–water partition coefficient (Wildman–Crippen LogP) is 1.03. The van der Waals surface area contributed by atoms with Crippen molar-refractivity contribution in [2.45, 2.75) is 12.8 Å². The maximum absolute atomic E-state index is 11.8. The second-order valence-corrected chi connectivity index (χ2v) is 5.03. The summed E-state index contributed by atoms with van der Waals surface area (Å²) >= 11 is 5.96. The van der Waals surface area contributed by atoms with Crippen LogP contribution in [0.2, 0.25) is 5.02 Å². The Labute approximate surface area is 122 Å². The lowest BCUT2D eigenvalue weighted by molar-refractivity contribution is -0.122. The Balaban J connectivity index is 1.76. The minimum atomic E-state index is -0.261. The van der Waals surface area contributed by atoms with Gasteiger partial charge in [-0.15, -0.1) is 0 Å². The highest BCUT2D eigenvalue weighted by Crippen LogP contribution is 2.28. The van der Waals surface area contributed by atoms with E-state index in [2.05, 4.69) is 20.9 Å². The van der Waals surface area contributed by atoms with Crippen LogP contribution in [0.3, 0.4) is 0 Å². The maximum atomic E-state index is 11.8. The zero-order chi connectivity index (χ0) is 14.5. The first-order valence-electron chi connectivity index (χ1n) is 6.51. The van der Waals surface area contributed by atoms with E-state index >= 15 is 0 Å². The van der Waals surface area contributed by atoms with E-state index in [1.807, 2.05) is 0 Å². The molecule has 1 heterocycles. The Bertz CT molecular complexity index is 517. The Morgan fingerprint density at radius 1 is 1.35 bits per heavy atom. The summed E-state index contributed by atoms with van der Waals surface area (Å²) in [7, 11) is 1.70. The molecule has 3 N–H and O–H groups in total. The molecule has 0 radical (unpaired) electrons. The minimum absolute atomic E-state index is 0.0716. The van der Waals surface area contributed by atoms with E-state index < -0.39 is 0 Å². The zero-order valence-corrected chi connectivity index (χ0v) is 12.0. The largest absolute Gasteiger partial charge is 0.372 e. The van der Waals surface area contributed by atoms with Gasteiger partial charge in [-0.2, -0.15) is 0 Å². The van der Waals surface area contributed by atoms with Crippen molar-refractivity contribution in [3.8, 4) is 0 Å². The number of carbonyl (C=O) groups is 2. The molecule has 1 aromatic heterocycles. The molecular formula is C13H17ClN4O2. The highest BCUT2D eigenvalue weighted by atomic mass is 35.5. The van der Waals surface area contributed by atoms with Crippen LogP contribution in [0.15, 0.2) is 12.3 Å². The molecule has 0 spiro atoms. The fraction of sp³-hybridized carbons (Fsp3) is 0.462. The quantitative estimate of drug-likeness (QED) is 0.685. The molecule has 6 nitrogen and oxygen atoms in total. The second-order valence-electron chi connectivity index (χ2n) is 4.63. The van der Waals surface area contributed by atoms with Gasteiger partial charge in [-0.25, -0.2) is 4.98 Å². The molecule has 0 aromatic carbocycles. The Morgan fingerprint density at radius 2 is 2.05 bits per heavy atom. The molecule has 0 aliphatic heterocycles. The van der Waals surface area contributed by atoms with Gasteiger partial charge in [0.1, 0.15) is 5.82 Å². The summed E-state index contributed by atoms with van der Waals surface area (Å²) in [5.41, 5.74) is 0.391. The van der Waals surface area contributed by atoms with Gasteiger partial charge < -0.3 is 16.0 Å². The van der Waals surface area contributed by atoms with E-state index in [1.165, 1.54) is 6.20 Å². The molecule has 20 heavy (non-hydrogen) atoms. The Hall–Kier alpha value is -1.82. The molecule has 1 aliphatic carbocycles. The van der Waals surface area contributed by atoms with Gasteiger partial charge in [-0.1, -0.05) is 11.6 Å². The molecule has 0 saturated heterocycles. The molecule has 1 aromatic rings. The van der Waals surface area contributed by atoms with Gasteiger partial charge in [0.05, 0.1) is 10.6 Å². The molecule has 1 saturated carbocycles. The van der Waals surface area contributed by atoms with Gasteiger partial charge in [-0.05, 0) is 18.9 Å². The van der Waals surface area contributed by atoms with Crippen molar-refractivity contribution < 1.29 is 9.59 Å². The monoisotopic (exact) mass is 296 g/mol. The van der Waals surface area contributed by atoms with Gasteiger partial charge >= 0.3 is 0 Å². The molecule has 0 atom stereocenters. The Kier molecular flexibility index (Phi) is 4.79. The van der Waals surface area contributed by atoms with Crippen molar-refractivity contribution in [2.75, 3.05) is 25.5 Å². The topological polar surface area (TPSA) is 83.1 Å². The van der Waals surface area contributed by atoms with Crippen LogP contribution in [-0.4, -0.2) is 36.9 Å². The second kappa shape index (κ2) is 6.56. The van der Waals surface area contributed by atoms with Gasteiger partial charge in [0.15, 0.2) is 0 Å². The first-order chi connectivity index (χ1) is 9.61. The van der Waals surface area contributed by atoms with Crippen LogP contribution < -0.4 is 16.0 Å². The number of aromatic nitrogens is 1. The summed E-state index contributed by atoms with van der Waals surface area (Å²) in [6, 6.07) is 1.55. The number of halogens is 1. The van der Waals surface area contributed by atoms with Crippen LogP contribution in [-0.2, 0) is 4.79 Å². The third-order valence-electron chi connectivity index (χ3n) is 3.00. The first kappa shape index (κ1) is 14.6. The SMILES string of the molecule is CNc1ncc(C(=O)NCCNC(=O)C2CC2)cc1Cl. The molecule has 7 heteroatoms. The lowest BCUT2D eigenvalue weighted by Gasteiger charge is -2.08. The molecule has 108 valence electrons. The summed E-state index contributed by atoms with van der Waals surface area (Å²) in [5.74, 6) is 0.521. The summed E-state index contributed by atoms with van der Waals surface area (Å²) < 4.78 is 0. The summed E-state index contributed by atoms with van der Waals surface area (Å²) in [6.45, 7) is 0.805. The maximum Gasteiger partial charge on any atom is 0.252 e. The zero-order valence-electron chi connectivity index (χ0n) is 11.2. The van der Waals surface area contributed by atoms with Crippen molar-refractivity contribution in [1.29, 1.82) is 0 Å². The third-order valence-corrected chi connectivity index (χ3v) is 3.29.